The molecule has 1 fully saturated rings. The van der Waals surface area contributed by atoms with Crippen molar-refractivity contribution in [3.05, 3.63) is 96.1 Å². The van der Waals surface area contributed by atoms with Gasteiger partial charge in [-0.3, -0.25) is 14.4 Å². The van der Waals surface area contributed by atoms with Gasteiger partial charge in [-0.15, -0.1) is 0 Å². The molecule has 1 heterocycles. The number of rotatable bonds is 13. The Labute approximate surface area is 281 Å². The van der Waals surface area contributed by atoms with Gasteiger partial charge in [0, 0.05) is 52.1 Å². The fourth-order valence-corrected chi connectivity index (χ4v) is 6.47. The molecule has 8 heteroatoms. The first-order valence-corrected chi connectivity index (χ1v) is 16.8. The molecule has 3 amide bonds. The topological polar surface area (TPSA) is 90.2 Å². The number of likely N-dealkylation sites (N-methyl/N-ethyl adjacent to an activating group) is 2. The van der Waals surface area contributed by atoms with Gasteiger partial charge in [0.2, 0.25) is 17.7 Å². The van der Waals surface area contributed by atoms with E-state index in [2.05, 4.69) is 31.1 Å². The van der Waals surface area contributed by atoms with Crippen molar-refractivity contribution in [3.8, 4) is 0 Å². The van der Waals surface area contributed by atoms with Crippen LogP contribution in [-0.2, 0) is 27.2 Å². The Morgan fingerprint density at radius 2 is 1.53 bits per heavy atom. The minimum Gasteiger partial charge on any atom is -0.341 e. The minimum absolute atomic E-state index is 0.0448. The third-order valence-electron chi connectivity index (χ3n) is 9.07. The Kier molecular flexibility index (Phi) is 12.4. The second-order valence-electron chi connectivity index (χ2n) is 14.2. The van der Waals surface area contributed by atoms with E-state index in [1.54, 1.807) is 25.1 Å². The minimum atomic E-state index is -0.821. The molecule has 3 aromatic carbocycles. The monoisotopic (exact) mass is 639 g/mol. The Hall–Kier alpha value is -4.01. The average molecular weight is 640 g/mol. The zero-order chi connectivity index (χ0) is 34.1. The molecule has 0 spiro atoms. The molecule has 0 radical (unpaired) electrons. The van der Waals surface area contributed by atoms with Crippen LogP contribution in [0.5, 0.6) is 0 Å². The molecule has 3 aromatic rings. The molecule has 1 saturated heterocycles. The summed E-state index contributed by atoms with van der Waals surface area (Å²) in [6, 6.07) is 22.5. The van der Waals surface area contributed by atoms with Gasteiger partial charge >= 0.3 is 0 Å². The zero-order valence-electron chi connectivity index (χ0n) is 29.1. The van der Waals surface area contributed by atoms with Crippen molar-refractivity contribution in [2.45, 2.75) is 63.6 Å². The van der Waals surface area contributed by atoms with Gasteiger partial charge in [0.15, 0.2) is 0 Å². The fraction of sp³-hybridized carbons (Fsp3) is 0.462. The predicted octanol–water partition coefficient (Wildman–Crippen LogP) is 4.76. The summed E-state index contributed by atoms with van der Waals surface area (Å²) in [4.78, 5) is 49.7. The largest absolute Gasteiger partial charge is 0.341 e. The normalized spacial score (nSPS) is 16.8. The molecule has 4 rings (SSSR count). The second kappa shape index (κ2) is 16.2. The molecule has 1 unspecified atom stereocenters. The lowest BCUT2D eigenvalue weighted by Gasteiger charge is -2.39. The standard InChI is InChI=1S/C39H53N5O3/c1-39(2,40)22-12-19-36(45)42(5)34(26-30-20-21-32-17-10-11-18-33(32)24-30)37(46)43(6)35(25-29-14-8-7-9-15-29)38(47)44-23-13-16-31(28-44)27-41(3)4/h7-12,14-15,17-21,24,31,34-35H,13,16,22-23,25-28,40H2,1-6H3/b19-12+/t31-,34+,35?/m0/s1. The van der Waals surface area contributed by atoms with Crippen molar-refractivity contribution in [3.63, 3.8) is 0 Å². The van der Waals surface area contributed by atoms with Gasteiger partial charge in [0.05, 0.1) is 0 Å². The average Bonchev–Trinajstić information content (AvgIpc) is 3.04. The van der Waals surface area contributed by atoms with E-state index in [1.807, 2.05) is 79.4 Å². The molecule has 0 aromatic heterocycles. The number of carbonyl (C=O) groups excluding carboxylic acids is 3. The Morgan fingerprint density at radius 3 is 2.21 bits per heavy atom. The summed E-state index contributed by atoms with van der Waals surface area (Å²) in [6.07, 6.45) is 6.51. The van der Waals surface area contributed by atoms with Crippen molar-refractivity contribution >= 4 is 28.5 Å². The number of carbonyl (C=O) groups is 3. The number of amides is 3. The Balaban J connectivity index is 1.66. The van der Waals surface area contributed by atoms with Crippen molar-refractivity contribution < 1.29 is 14.4 Å². The highest BCUT2D eigenvalue weighted by Crippen LogP contribution is 2.23. The number of benzene rings is 3. The van der Waals surface area contributed by atoms with E-state index in [1.165, 1.54) is 11.0 Å². The lowest BCUT2D eigenvalue weighted by atomic mass is 9.95. The lowest BCUT2D eigenvalue weighted by Crippen LogP contribution is -2.57. The number of hydrogen-bond donors (Lipinski definition) is 1. The van der Waals surface area contributed by atoms with E-state index in [4.69, 9.17) is 5.73 Å². The third kappa shape index (κ3) is 10.2. The fourth-order valence-electron chi connectivity index (χ4n) is 6.47. The van der Waals surface area contributed by atoms with E-state index in [9.17, 15) is 14.4 Å². The van der Waals surface area contributed by atoms with Crippen molar-refractivity contribution in [1.82, 2.24) is 19.6 Å². The van der Waals surface area contributed by atoms with E-state index in [0.717, 1.165) is 41.3 Å². The Bertz CT molecular complexity index is 1530. The number of nitrogens with two attached hydrogens (primary N) is 1. The molecular formula is C39H53N5O3. The molecule has 0 saturated carbocycles. The molecule has 1 aliphatic heterocycles. The van der Waals surface area contributed by atoms with Crippen LogP contribution in [0.1, 0.15) is 44.2 Å². The number of hydrogen-bond acceptors (Lipinski definition) is 5. The van der Waals surface area contributed by atoms with Crippen LogP contribution in [0.15, 0.2) is 84.9 Å². The summed E-state index contributed by atoms with van der Waals surface area (Å²) in [7, 11) is 7.51. The molecule has 0 aliphatic carbocycles. The van der Waals surface area contributed by atoms with Crippen molar-refractivity contribution in [2.75, 3.05) is 47.8 Å². The molecule has 47 heavy (non-hydrogen) atoms. The van der Waals surface area contributed by atoms with Gasteiger partial charge < -0.3 is 25.3 Å². The summed E-state index contributed by atoms with van der Waals surface area (Å²) in [6.45, 7) is 6.07. The van der Waals surface area contributed by atoms with Gasteiger partial charge in [-0.2, -0.15) is 0 Å². The van der Waals surface area contributed by atoms with E-state index in [-0.39, 0.29) is 17.7 Å². The summed E-state index contributed by atoms with van der Waals surface area (Å²) < 4.78 is 0. The van der Waals surface area contributed by atoms with Crippen LogP contribution in [0.4, 0.5) is 0 Å². The maximum atomic E-state index is 14.6. The van der Waals surface area contributed by atoms with Crippen LogP contribution in [0.3, 0.4) is 0 Å². The third-order valence-corrected chi connectivity index (χ3v) is 9.07. The van der Waals surface area contributed by atoms with Crippen LogP contribution in [0, 0.1) is 5.92 Å². The highest BCUT2D eigenvalue weighted by Gasteiger charge is 2.37. The summed E-state index contributed by atoms with van der Waals surface area (Å²) >= 11 is 0. The van der Waals surface area contributed by atoms with Crippen LogP contribution < -0.4 is 5.73 Å². The molecule has 0 bridgehead atoms. The summed E-state index contributed by atoms with van der Waals surface area (Å²) in [5, 5.41) is 2.17. The number of likely N-dealkylation sites (tertiary alicyclic amines) is 1. The summed E-state index contributed by atoms with van der Waals surface area (Å²) in [5.74, 6) is -0.208. The van der Waals surface area contributed by atoms with Gasteiger partial charge in [-0.05, 0) is 81.1 Å². The van der Waals surface area contributed by atoms with Crippen molar-refractivity contribution in [1.29, 1.82) is 0 Å². The predicted molar refractivity (Wildman–Crippen MR) is 191 cm³/mol. The number of fused-ring (bicyclic) bond motifs is 1. The van der Waals surface area contributed by atoms with Crippen LogP contribution in [-0.4, -0.2) is 103 Å². The highest BCUT2D eigenvalue weighted by molar-refractivity contribution is 5.95. The molecule has 3 atom stereocenters. The zero-order valence-corrected chi connectivity index (χ0v) is 29.1. The number of piperidine rings is 1. The molecule has 8 nitrogen and oxygen atoms in total. The van der Waals surface area contributed by atoms with Gasteiger partial charge in [-0.1, -0.05) is 78.9 Å². The van der Waals surface area contributed by atoms with Gasteiger partial charge in [0.25, 0.3) is 0 Å². The maximum Gasteiger partial charge on any atom is 0.246 e. The van der Waals surface area contributed by atoms with E-state index >= 15 is 0 Å². The quantitative estimate of drug-likeness (QED) is 0.273. The maximum absolute atomic E-state index is 14.6. The Morgan fingerprint density at radius 1 is 0.872 bits per heavy atom. The first kappa shape index (κ1) is 35.8. The molecule has 252 valence electrons. The SMILES string of the molecule is CN(C)C[C@@H]1CCCN(C(=O)C(Cc2ccccc2)N(C)C(=O)[C@@H](Cc2ccc3ccccc3c2)N(C)C(=O)/C=C/CC(C)(C)N)C1. The van der Waals surface area contributed by atoms with E-state index in [0.29, 0.717) is 38.3 Å². The summed E-state index contributed by atoms with van der Waals surface area (Å²) in [5.41, 5.74) is 7.60. The van der Waals surface area contributed by atoms with Crippen molar-refractivity contribution in [2.24, 2.45) is 11.7 Å². The van der Waals surface area contributed by atoms with Crippen LogP contribution >= 0.6 is 0 Å². The van der Waals surface area contributed by atoms with Crippen LogP contribution in [0.25, 0.3) is 10.8 Å². The first-order chi connectivity index (χ1) is 22.3. The molecule has 2 N–H and O–H groups in total. The smallest absolute Gasteiger partial charge is 0.246 e. The molecule has 1 aliphatic rings. The van der Waals surface area contributed by atoms with Gasteiger partial charge in [0.1, 0.15) is 12.1 Å². The number of nitrogens with zero attached hydrogens (tertiary/aromatic N) is 4. The second-order valence-corrected chi connectivity index (χ2v) is 14.2. The lowest BCUT2D eigenvalue weighted by molar-refractivity contribution is -0.150. The molecular weight excluding hydrogens is 586 g/mol. The first-order valence-electron chi connectivity index (χ1n) is 16.8. The van der Waals surface area contributed by atoms with E-state index < -0.39 is 17.6 Å². The van der Waals surface area contributed by atoms with Gasteiger partial charge in [-0.25, -0.2) is 0 Å². The van der Waals surface area contributed by atoms with Crippen LogP contribution in [0.2, 0.25) is 0 Å². The highest BCUT2D eigenvalue weighted by atomic mass is 16.2.